The van der Waals surface area contributed by atoms with Gasteiger partial charge in [-0.2, -0.15) is 0 Å². The summed E-state index contributed by atoms with van der Waals surface area (Å²) >= 11 is 0. The second-order valence-electron chi connectivity index (χ2n) is 5.14. The number of aliphatic hydroxyl groups excluding tert-OH is 5. The Hall–Kier alpha value is -0.240. The maximum atomic E-state index is 9.58. The van der Waals surface area contributed by atoms with Gasteiger partial charge in [0.25, 0.3) is 0 Å². The molecule has 0 unspecified atom stereocenters. The lowest BCUT2D eigenvalue weighted by molar-refractivity contribution is -0.129. The molecule has 4 atom stereocenters. The van der Waals surface area contributed by atoms with Crippen molar-refractivity contribution in [3.8, 4) is 0 Å². The maximum absolute atomic E-state index is 9.58. The normalized spacial score (nSPS) is 17.7. The van der Waals surface area contributed by atoms with Gasteiger partial charge in [0.1, 0.15) is 24.4 Å². The van der Waals surface area contributed by atoms with Gasteiger partial charge in [-0.15, -0.1) is 0 Å². The summed E-state index contributed by atoms with van der Waals surface area (Å²) in [5, 5.41) is 46.3. The van der Waals surface area contributed by atoms with Crippen molar-refractivity contribution in [3.05, 3.63) is 0 Å². The van der Waals surface area contributed by atoms with E-state index in [0.29, 0.717) is 6.61 Å². The standard InChI is InChI=1S/C14H30O6/c1-2-3-4-5-6-7-8-20-10-12(17)14(19)13(18)11(16)9-15/h11-19H,2-10H2,1H3/t11-,12-,13-,14-/m1/s1. The van der Waals surface area contributed by atoms with Gasteiger partial charge < -0.3 is 30.3 Å². The molecule has 6 heteroatoms. The Morgan fingerprint density at radius 1 is 0.800 bits per heavy atom. The zero-order valence-electron chi connectivity index (χ0n) is 12.3. The molecule has 0 aromatic heterocycles. The molecule has 0 aromatic rings. The molecule has 0 fully saturated rings. The summed E-state index contributed by atoms with van der Waals surface area (Å²) in [7, 11) is 0. The minimum Gasteiger partial charge on any atom is -0.394 e. The smallest absolute Gasteiger partial charge is 0.111 e. The van der Waals surface area contributed by atoms with Crippen molar-refractivity contribution in [2.45, 2.75) is 69.9 Å². The van der Waals surface area contributed by atoms with Crippen LogP contribution in [0.3, 0.4) is 0 Å². The van der Waals surface area contributed by atoms with Gasteiger partial charge in [0.05, 0.1) is 13.2 Å². The van der Waals surface area contributed by atoms with Gasteiger partial charge in [0, 0.05) is 6.61 Å². The van der Waals surface area contributed by atoms with E-state index in [-0.39, 0.29) is 6.61 Å². The van der Waals surface area contributed by atoms with Gasteiger partial charge >= 0.3 is 0 Å². The highest BCUT2D eigenvalue weighted by atomic mass is 16.5. The van der Waals surface area contributed by atoms with Crippen LogP contribution in [0.2, 0.25) is 0 Å². The molecule has 0 heterocycles. The van der Waals surface area contributed by atoms with Crippen LogP contribution in [0.5, 0.6) is 0 Å². The second kappa shape index (κ2) is 12.5. The first kappa shape index (κ1) is 19.8. The summed E-state index contributed by atoms with van der Waals surface area (Å²) in [6.07, 6.45) is 0.935. The van der Waals surface area contributed by atoms with E-state index in [4.69, 9.17) is 14.9 Å². The molecule has 0 saturated heterocycles. The van der Waals surface area contributed by atoms with Crippen molar-refractivity contribution < 1.29 is 30.3 Å². The van der Waals surface area contributed by atoms with Crippen molar-refractivity contribution in [3.63, 3.8) is 0 Å². The maximum Gasteiger partial charge on any atom is 0.111 e. The molecular weight excluding hydrogens is 264 g/mol. The minimum atomic E-state index is -1.59. The fourth-order valence-corrected chi connectivity index (χ4v) is 1.85. The van der Waals surface area contributed by atoms with Crippen LogP contribution in [0.15, 0.2) is 0 Å². The molecule has 122 valence electrons. The Bertz CT molecular complexity index is 214. The number of hydrogen-bond donors (Lipinski definition) is 5. The molecule has 5 N–H and O–H groups in total. The molecular formula is C14H30O6. The highest BCUT2D eigenvalue weighted by Gasteiger charge is 2.29. The Labute approximate surface area is 121 Å². The summed E-state index contributed by atoms with van der Waals surface area (Å²) < 4.78 is 5.22. The van der Waals surface area contributed by atoms with Crippen LogP contribution in [0, 0.1) is 0 Å². The zero-order chi connectivity index (χ0) is 15.4. The third-order valence-corrected chi connectivity index (χ3v) is 3.26. The van der Waals surface area contributed by atoms with E-state index in [2.05, 4.69) is 6.92 Å². The number of ether oxygens (including phenoxy) is 1. The average molecular weight is 294 g/mol. The van der Waals surface area contributed by atoms with Gasteiger partial charge in [-0.05, 0) is 6.42 Å². The molecule has 6 nitrogen and oxygen atoms in total. The summed E-state index contributed by atoms with van der Waals surface area (Å²) in [4.78, 5) is 0. The van der Waals surface area contributed by atoms with Crippen molar-refractivity contribution >= 4 is 0 Å². The van der Waals surface area contributed by atoms with Crippen LogP contribution in [0.4, 0.5) is 0 Å². The quantitative estimate of drug-likeness (QED) is 0.301. The lowest BCUT2D eigenvalue weighted by Crippen LogP contribution is -2.47. The molecule has 0 amide bonds. The second-order valence-corrected chi connectivity index (χ2v) is 5.14. The fourth-order valence-electron chi connectivity index (χ4n) is 1.85. The fraction of sp³-hybridized carbons (Fsp3) is 1.00. The minimum absolute atomic E-state index is 0.106. The molecule has 20 heavy (non-hydrogen) atoms. The first-order chi connectivity index (χ1) is 9.54. The lowest BCUT2D eigenvalue weighted by atomic mass is 10.0. The molecule has 0 radical (unpaired) electrons. The van der Waals surface area contributed by atoms with Crippen LogP contribution in [0.25, 0.3) is 0 Å². The van der Waals surface area contributed by atoms with Crippen LogP contribution in [0.1, 0.15) is 45.4 Å². The third kappa shape index (κ3) is 8.84. The first-order valence-electron chi connectivity index (χ1n) is 7.45. The molecule has 0 saturated carbocycles. The number of aliphatic hydroxyl groups is 5. The van der Waals surface area contributed by atoms with E-state index in [1.165, 1.54) is 25.7 Å². The van der Waals surface area contributed by atoms with Crippen molar-refractivity contribution in [1.29, 1.82) is 0 Å². The predicted molar refractivity (Wildman–Crippen MR) is 75.3 cm³/mol. The van der Waals surface area contributed by atoms with Crippen LogP contribution in [-0.4, -0.2) is 69.8 Å². The van der Waals surface area contributed by atoms with E-state index in [0.717, 1.165) is 12.8 Å². The van der Waals surface area contributed by atoms with E-state index in [1.54, 1.807) is 0 Å². The van der Waals surface area contributed by atoms with E-state index >= 15 is 0 Å². The van der Waals surface area contributed by atoms with E-state index in [1.807, 2.05) is 0 Å². The van der Waals surface area contributed by atoms with Crippen LogP contribution >= 0.6 is 0 Å². The van der Waals surface area contributed by atoms with Gasteiger partial charge in [-0.25, -0.2) is 0 Å². The molecule has 0 aliphatic rings. The molecule has 0 bridgehead atoms. The monoisotopic (exact) mass is 294 g/mol. The summed E-state index contributed by atoms with van der Waals surface area (Å²) in [6.45, 7) is 1.88. The topological polar surface area (TPSA) is 110 Å². The van der Waals surface area contributed by atoms with Crippen LogP contribution in [-0.2, 0) is 4.74 Å². The van der Waals surface area contributed by atoms with Gasteiger partial charge in [0.2, 0.25) is 0 Å². The molecule has 0 aromatic carbocycles. The summed E-state index contributed by atoms with van der Waals surface area (Å²) in [5.41, 5.74) is 0. The SMILES string of the molecule is CCCCCCCCOC[C@@H](O)[C@@H](O)[C@H](O)[C@H](O)CO. The zero-order valence-corrected chi connectivity index (χ0v) is 12.3. The highest BCUT2D eigenvalue weighted by Crippen LogP contribution is 2.07. The summed E-state index contributed by atoms with van der Waals surface area (Å²) in [5.74, 6) is 0. The Morgan fingerprint density at radius 3 is 1.95 bits per heavy atom. The largest absolute Gasteiger partial charge is 0.394 e. The summed E-state index contributed by atoms with van der Waals surface area (Å²) in [6, 6.07) is 0. The Kier molecular flexibility index (Phi) is 12.3. The molecule has 0 aliphatic heterocycles. The molecule has 0 spiro atoms. The Balaban J connectivity index is 3.59. The molecule has 0 rings (SSSR count). The predicted octanol–water partition coefficient (Wildman–Crippen LogP) is -0.201. The van der Waals surface area contributed by atoms with Gasteiger partial charge in [0.15, 0.2) is 0 Å². The number of hydrogen-bond acceptors (Lipinski definition) is 6. The van der Waals surface area contributed by atoms with Crippen LogP contribution < -0.4 is 0 Å². The Morgan fingerprint density at radius 2 is 1.35 bits per heavy atom. The van der Waals surface area contributed by atoms with Gasteiger partial charge in [-0.1, -0.05) is 39.0 Å². The van der Waals surface area contributed by atoms with E-state index < -0.39 is 31.0 Å². The average Bonchev–Trinajstić information content (AvgIpc) is 2.47. The highest BCUT2D eigenvalue weighted by molar-refractivity contribution is 4.80. The van der Waals surface area contributed by atoms with Gasteiger partial charge in [-0.3, -0.25) is 0 Å². The lowest BCUT2D eigenvalue weighted by Gasteiger charge is -2.25. The van der Waals surface area contributed by atoms with Crippen molar-refractivity contribution in [2.75, 3.05) is 19.8 Å². The third-order valence-electron chi connectivity index (χ3n) is 3.26. The van der Waals surface area contributed by atoms with Crippen molar-refractivity contribution in [1.82, 2.24) is 0 Å². The molecule has 0 aliphatic carbocycles. The van der Waals surface area contributed by atoms with E-state index in [9.17, 15) is 15.3 Å². The first-order valence-corrected chi connectivity index (χ1v) is 7.45. The van der Waals surface area contributed by atoms with Crippen molar-refractivity contribution in [2.24, 2.45) is 0 Å². The number of unbranched alkanes of at least 4 members (excludes halogenated alkanes) is 5. The number of rotatable bonds is 13.